The number of aryl methyl sites for hydroxylation is 1. The lowest BCUT2D eigenvalue weighted by atomic mass is 10.1. The zero-order valence-corrected chi connectivity index (χ0v) is 16.9. The van der Waals surface area contributed by atoms with Crippen molar-refractivity contribution in [1.82, 2.24) is 10.2 Å². The highest BCUT2D eigenvalue weighted by Gasteiger charge is 2.28. The molecule has 144 valence electrons. The van der Waals surface area contributed by atoms with Crippen LogP contribution in [0.25, 0.3) is 0 Å². The minimum absolute atomic E-state index is 0.0862. The number of carbonyl (C=O) groups is 2. The lowest BCUT2D eigenvalue weighted by Gasteiger charge is -2.31. The van der Waals surface area contributed by atoms with Gasteiger partial charge in [-0.15, -0.1) is 0 Å². The summed E-state index contributed by atoms with van der Waals surface area (Å²) >= 11 is 6.30. The summed E-state index contributed by atoms with van der Waals surface area (Å²) in [7, 11) is 0. The molecule has 0 unspecified atom stereocenters. The summed E-state index contributed by atoms with van der Waals surface area (Å²) in [5.41, 5.74) is 2.91. The largest absolute Gasteiger partial charge is 0.355 e. The summed E-state index contributed by atoms with van der Waals surface area (Å²) < 4.78 is 0. The van der Waals surface area contributed by atoms with Crippen molar-refractivity contribution in [3.05, 3.63) is 70.2 Å². The van der Waals surface area contributed by atoms with Crippen LogP contribution in [0.4, 0.5) is 0 Å². The maximum Gasteiger partial charge on any atom is 0.242 e. The van der Waals surface area contributed by atoms with Crippen molar-refractivity contribution in [3.63, 3.8) is 0 Å². The van der Waals surface area contributed by atoms with Crippen molar-refractivity contribution in [2.75, 3.05) is 6.54 Å². The first-order valence-corrected chi connectivity index (χ1v) is 9.70. The molecule has 2 aromatic carbocycles. The van der Waals surface area contributed by atoms with Gasteiger partial charge in [0.05, 0.1) is 6.42 Å². The van der Waals surface area contributed by atoms with Crippen LogP contribution in [0.3, 0.4) is 0 Å². The Kier molecular flexibility index (Phi) is 7.86. The monoisotopic (exact) mass is 386 g/mol. The standard InChI is InChI=1S/C22H27ClN2O2/c1-4-20(22(27)24-5-2)25(15-18-8-6-7-9-19(18)23)21(26)14-17-12-10-16(3)11-13-17/h6-13,20H,4-5,14-15H2,1-3H3,(H,24,27)/t20-/m1/s1. The van der Waals surface area contributed by atoms with Gasteiger partial charge in [0.15, 0.2) is 0 Å². The molecule has 0 heterocycles. The SMILES string of the molecule is CCNC(=O)[C@@H](CC)N(Cc1ccccc1Cl)C(=O)Cc1ccc(C)cc1. The van der Waals surface area contributed by atoms with Crippen LogP contribution in [-0.4, -0.2) is 29.3 Å². The van der Waals surface area contributed by atoms with Gasteiger partial charge < -0.3 is 10.2 Å². The average Bonchev–Trinajstić information content (AvgIpc) is 2.65. The number of hydrogen-bond acceptors (Lipinski definition) is 2. The van der Waals surface area contributed by atoms with E-state index in [1.165, 1.54) is 0 Å². The predicted molar refractivity (Wildman–Crippen MR) is 110 cm³/mol. The van der Waals surface area contributed by atoms with E-state index in [4.69, 9.17) is 11.6 Å². The van der Waals surface area contributed by atoms with E-state index in [0.29, 0.717) is 24.5 Å². The molecule has 0 fully saturated rings. The molecule has 0 bridgehead atoms. The van der Waals surface area contributed by atoms with Gasteiger partial charge in [0, 0.05) is 18.1 Å². The van der Waals surface area contributed by atoms with Crippen LogP contribution in [0, 0.1) is 6.92 Å². The van der Waals surface area contributed by atoms with Gasteiger partial charge in [-0.05, 0) is 37.5 Å². The highest BCUT2D eigenvalue weighted by atomic mass is 35.5. The van der Waals surface area contributed by atoms with Crippen molar-refractivity contribution in [1.29, 1.82) is 0 Å². The second kappa shape index (κ2) is 10.1. The molecule has 0 aliphatic heterocycles. The van der Waals surface area contributed by atoms with Gasteiger partial charge >= 0.3 is 0 Å². The first-order chi connectivity index (χ1) is 13.0. The smallest absolute Gasteiger partial charge is 0.242 e. The lowest BCUT2D eigenvalue weighted by Crippen LogP contribution is -2.49. The Bertz CT molecular complexity index is 774. The molecule has 2 aromatic rings. The van der Waals surface area contributed by atoms with E-state index in [1.54, 1.807) is 11.0 Å². The average molecular weight is 387 g/mol. The van der Waals surface area contributed by atoms with Crippen molar-refractivity contribution in [2.45, 2.75) is 46.2 Å². The second-order valence-electron chi connectivity index (χ2n) is 6.59. The maximum absolute atomic E-state index is 13.1. The van der Waals surface area contributed by atoms with E-state index in [-0.39, 0.29) is 18.2 Å². The van der Waals surface area contributed by atoms with Crippen LogP contribution in [0.15, 0.2) is 48.5 Å². The van der Waals surface area contributed by atoms with Crippen molar-refractivity contribution >= 4 is 23.4 Å². The Hall–Kier alpha value is -2.33. The van der Waals surface area contributed by atoms with Crippen LogP contribution in [0.1, 0.15) is 37.0 Å². The quantitative estimate of drug-likeness (QED) is 0.741. The molecule has 0 aliphatic carbocycles. The van der Waals surface area contributed by atoms with E-state index in [9.17, 15) is 9.59 Å². The molecule has 0 aliphatic rings. The van der Waals surface area contributed by atoms with Gasteiger partial charge in [-0.3, -0.25) is 9.59 Å². The highest BCUT2D eigenvalue weighted by molar-refractivity contribution is 6.31. The zero-order chi connectivity index (χ0) is 19.8. The molecule has 1 atom stereocenters. The summed E-state index contributed by atoms with van der Waals surface area (Å²) in [6.45, 7) is 6.63. The molecule has 0 saturated carbocycles. The van der Waals surface area contributed by atoms with Crippen molar-refractivity contribution < 1.29 is 9.59 Å². The second-order valence-corrected chi connectivity index (χ2v) is 7.00. The predicted octanol–water partition coefficient (Wildman–Crippen LogP) is 4.13. The number of amides is 2. The zero-order valence-electron chi connectivity index (χ0n) is 16.2. The third-order valence-corrected chi connectivity index (χ3v) is 4.88. The molecule has 5 heteroatoms. The molecule has 0 aromatic heterocycles. The molecular weight excluding hydrogens is 360 g/mol. The van der Waals surface area contributed by atoms with Crippen LogP contribution >= 0.6 is 11.6 Å². The van der Waals surface area contributed by atoms with E-state index < -0.39 is 6.04 Å². The lowest BCUT2D eigenvalue weighted by molar-refractivity contribution is -0.140. The normalized spacial score (nSPS) is 11.7. The van der Waals surface area contributed by atoms with Gasteiger partial charge in [-0.25, -0.2) is 0 Å². The number of nitrogens with one attached hydrogen (secondary N) is 1. The number of likely N-dealkylation sites (N-methyl/N-ethyl adjacent to an activating group) is 1. The topological polar surface area (TPSA) is 49.4 Å². The van der Waals surface area contributed by atoms with Gasteiger partial charge in [-0.2, -0.15) is 0 Å². The first-order valence-electron chi connectivity index (χ1n) is 9.32. The molecule has 0 saturated heterocycles. The number of carbonyl (C=O) groups excluding carboxylic acids is 2. The van der Waals surface area contributed by atoms with Crippen molar-refractivity contribution in [2.24, 2.45) is 0 Å². The molecule has 1 N–H and O–H groups in total. The molecular formula is C22H27ClN2O2. The van der Waals surface area contributed by atoms with Gasteiger partial charge in [-0.1, -0.05) is 66.6 Å². The molecule has 27 heavy (non-hydrogen) atoms. The number of halogens is 1. The third kappa shape index (κ3) is 5.83. The fourth-order valence-electron chi connectivity index (χ4n) is 3.00. The Labute approximate surface area is 166 Å². The Morgan fingerprint density at radius 3 is 2.33 bits per heavy atom. The van der Waals surface area contributed by atoms with Gasteiger partial charge in [0.2, 0.25) is 11.8 Å². The molecule has 4 nitrogen and oxygen atoms in total. The number of hydrogen-bond donors (Lipinski definition) is 1. The molecule has 0 spiro atoms. The Morgan fingerprint density at radius 2 is 1.74 bits per heavy atom. The Morgan fingerprint density at radius 1 is 1.07 bits per heavy atom. The van der Waals surface area contributed by atoms with E-state index in [0.717, 1.165) is 16.7 Å². The van der Waals surface area contributed by atoms with Crippen molar-refractivity contribution in [3.8, 4) is 0 Å². The summed E-state index contributed by atoms with van der Waals surface area (Å²) in [4.78, 5) is 27.3. The fourth-order valence-corrected chi connectivity index (χ4v) is 3.20. The van der Waals surface area contributed by atoms with E-state index in [2.05, 4.69) is 5.32 Å². The number of benzene rings is 2. The summed E-state index contributed by atoms with van der Waals surface area (Å²) in [5.74, 6) is -0.221. The van der Waals surface area contributed by atoms with Gasteiger partial charge in [0.25, 0.3) is 0 Å². The highest BCUT2D eigenvalue weighted by Crippen LogP contribution is 2.20. The van der Waals surface area contributed by atoms with E-state index >= 15 is 0 Å². The van der Waals surface area contributed by atoms with Crippen LogP contribution in [0.5, 0.6) is 0 Å². The minimum Gasteiger partial charge on any atom is -0.355 e. The van der Waals surface area contributed by atoms with Gasteiger partial charge in [0.1, 0.15) is 6.04 Å². The van der Waals surface area contributed by atoms with Crippen LogP contribution < -0.4 is 5.32 Å². The van der Waals surface area contributed by atoms with Crippen LogP contribution in [0.2, 0.25) is 5.02 Å². The molecule has 0 radical (unpaired) electrons. The third-order valence-electron chi connectivity index (χ3n) is 4.51. The Balaban J connectivity index is 2.29. The number of nitrogens with zero attached hydrogens (tertiary/aromatic N) is 1. The molecule has 2 amide bonds. The van der Waals surface area contributed by atoms with E-state index in [1.807, 2.05) is 63.2 Å². The van der Waals surface area contributed by atoms with Crippen LogP contribution in [-0.2, 0) is 22.6 Å². The summed E-state index contributed by atoms with van der Waals surface area (Å²) in [6.07, 6.45) is 0.788. The summed E-state index contributed by atoms with van der Waals surface area (Å²) in [6, 6.07) is 14.8. The summed E-state index contributed by atoms with van der Waals surface area (Å²) in [5, 5.41) is 3.43. The first kappa shape index (κ1) is 21.0. The maximum atomic E-state index is 13.1. The number of rotatable bonds is 8. The molecule has 2 rings (SSSR count). The minimum atomic E-state index is -0.529. The fraction of sp³-hybridized carbons (Fsp3) is 0.364.